The molecule has 22 heavy (non-hydrogen) atoms. The van der Waals surface area contributed by atoms with Crippen LogP contribution in [-0.4, -0.2) is 24.8 Å². The van der Waals surface area contributed by atoms with E-state index in [0.29, 0.717) is 4.88 Å². The molecule has 2 rings (SSSR count). The van der Waals surface area contributed by atoms with Gasteiger partial charge in [-0.1, -0.05) is 18.2 Å². The van der Waals surface area contributed by atoms with Crippen molar-refractivity contribution in [2.75, 3.05) is 13.2 Å². The second kappa shape index (κ2) is 8.29. The van der Waals surface area contributed by atoms with Crippen LogP contribution in [0.5, 0.6) is 5.75 Å². The highest BCUT2D eigenvalue weighted by atomic mass is 32.1. The van der Waals surface area contributed by atoms with Gasteiger partial charge in [-0.05, 0) is 23.6 Å². The van der Waals surface area contributed by atoms with Gasteiger partial charge in [-0.2, -0.15) is 0 Å². The predicted octanol–water partition coefficient (Wildman–Crippen LogP) is 3.05. The Hall–Kier alpha value is -2.21. The third-order valence-corrected chi connectivity index (χ3v) is 3.80. The van der Waals surface area contributed by atoms with Gasteiger partial charge in [-0.25, -0.2) is 4.39 Å². The fraction of sp³-hybridized carbons (Fsp3) is 0.250. The molecule has 0 unspecified atom stereocenters. The molecule has 0 fully saturated rings. The van der Waals surface area contributed by atoms with E-state index in [9.17, 15) is 14.0 Å². The van der Waals surface area contributed by atoms with Crippen LogP contribution in [0.3, 0.4) is 0 Å². The SMILES string of the molecule is O=C(CCC(=O)c1cccs1)NCCOc1ccccc1F. The predicted molar refractivity (Wildman–Crippen MR) is 82.8 cm³/mol. The van der Waals surface area contributed by atoms with E-state index in [-0.39, 0.29) is 43.4 Å². The number of rotatable bonds is 8. The van der Waals surface area contributed by atoms with Gasteiger partial charge < -0.3 is 10.1 Å². The Bertz CT molecular complexity index is 628. The van der Waals surface area contributed by atoms with E-state index in [4.69, 9.17) is 4.74 Å². The number of nitrogens with one attached hydrogen (secondary N) is 1. The minimum absolute atomic E-state index is 0.0345. The smallest absolute Gasteiger partial charge is 0.220 e. The Labute approximate surface area is 131 Å². The van der Waals surface area contributed by atoms with E-state index < -0.39 is 5.82 Å². The van der Waals surface area contributed by atoms with Crippen LogP contribution >= 0.6 is 11.3 Å². The quantitative estimate of drug-likeness (QED) is 0.600. The molecule has 0 aliphatic rings. The number of ketones is 1. The standard InChI is InChI=1S/C16H16FNO3S/c17-12-4-1-2-5-14(12)21-10-9-18-16(20)8-7-13(19)15-6-3-11-22-15/h1-6,11H,7-10H2,(H,18,20). The summed E-state index contributed by atoms with van der Waals surface area (Å²) in [5.74, 6) is -0.533. The molecule has 1 aromatic heterocycles. The van der Waals surface area contributed by atoms with Crippen LogP contribution in [0.1, 0.15) is 22.5 Å². The van der Waals surface area contributed by atoms with Gasteiger partial charge in [0.15, 0.2) is 17.3 Å². The summed E-state index contributed by atoms with van der Waals surface area (Å²) in [6, 6.07) is 9.63. The molecular weight excluding hydrogens is 305 g/mol. The Morgan fingerprint density at radius 3 is 2.68 bits per heavy atom. The van der Waals surface area contributed by atoms with Gasteiger partial charge in [-0.3, -0.25) is 9.59 Å². The molecular formula is C16H16FNO3S. The minimum atomic E-state index is -0.435. The first kappa shape index (κ1) is 16.2. The zero-order valence-electron chi connectivity index (χ0n) is 11.9. The lowest BCUT2D eigenvalue weighted by atomic mass is 10.2. The number of ether oxygens (including phenoxy) is 1. The molecule has 1 aromatic carbocycles. The van der Waals surface area contributed by atoms with E-state index in [1.54, 1.807) is 24.3 Å². The van der Waals surface area contributed by atoms with E-state index in [2.05, 4.69) is 5.32 Å². The zero-order valence-corrected chi connectivity index (χ0v) is 12.7. The molecule has 0 saturated heterocycles. The maximum absolute atomic E-state index is 13.3. The van der Waals surface area contributed by atoms with Gasteiger partial charge in [0, 0.05) is 12.8 Å². The molecule has 1 heterocycles. The Kier molecular flexibility index (Phi) is 6.09. The number of benzene rings is 1. The Morgan fingerprint density at radius 2 is 1.95 bits per heavy atom. The van der Waals surface area contributed by atoms with Gasteiger partial charge >= 0.3 is 0 Å². The third-order valence-electron chi connectivity index (χ3n) is 2.89. The maximum atomic E-state index is 13.3. The number of para-hydroxylation sites is 1. The topological polar surface area (TPSA) is 55.4 Å². The third kappa shape index (κ3) is 4.96. The van der Waals surface area contributed by atoms with Crippen molar-refractivity contribution in [2.45, 2.75) is 12.8 Å². The van der Waals surface area contributed by atoms with Crippen LogP contribution in [0.2, 0.25) is 0 Å². The molecule has 0 bridgehead atoms. The van der Waals surface area contributed by atoms with Crippen molar-refractivity contribution < 1.29 is 18.7 Å². The number of hydrogen-bond acceptors (Lipinski definition) is 4. The zero-order chi connectivity index (χ0) is 15.8. The minimum Gasteiger partial charge on any atom is -0.489 e. The number of halogens is 1. The highest BCUT2D eigenvalue weighted by Gasteiger charge is 2.09. The lowest BCUT2D eigenvalue weighted by Gasteiger charge is -2.08. The van der Waals surface area contributed by atoms with Crippen molar-refractivity contribution >= 4 is 23.0 Å². The van der Waals surface area contributed by atoms with Gasteiger partial charge in [0.1, 0.15) is 6.61 Å². The van der Waals surface area contributed by atoms with Gasteiger partial charge in [0.2, 0.25) is 5.91 Å². The first-order valence-corrected chi connectivity index (χ1v) is 7.75. The molecule has 1 N–H and O–H groups in total. The van der Waals surface area contributed by atoms with E-state index in [1.165, 1.54) is 23.5 Å². The molecule has 0 saturated carbocycles. The van der Waals surface area contributed by atoms with Crippen molar-refractivity contribution in [3.8, 4) is 5.75 Å². The van der Waals surface area contributed by atoms with Crippen molar-refractivity contribution in [1.29, 1.82) is 0 Å². The maximum Gasteiger partial charge on any atom is 0.220 e. The molecule has 4 nitrogen and oxygen atoms in total. The summed E-state index contributed by atoms with van der Waals surface area (Å²) in [5.41, 5.74) is 0. The number of hydrogen-bond donors (Lipinski definition) is 1. The number of amides is 1. The van der Waals surface area contributed by atoms with E-state index in [0.717, 1.165) is 0 Å². The second-order valence-corrected chi connectivity index (χ2v) is 5.48. The first-order valence-electron chi connectivity index (χ1n) is 6.87. The van der Waals surface area contributed by atoms with Gasteiger partial charge in [0.25, 0.3) is 0 Å². The molecule has 2 aromatic rings. The van der Waals surface area contributed by atoms with E-state index >= 15 is 0 Å². The van der Waals surface area contributed by atoms with Crippen molar-refractivity contribution in [2.24, 2.45) is 0 Å². The normalized spacial score (nSPS) is 10.2. The van der Waals surface area contributed by atoms with Crippen LogP contribution in [0.25, 0.3) is 0 Å². The highest BCUT2D eigenvalue weighted by molar-refractivity contribution is 7.12. The molecule has 0 radical (unpaired) electrons. The number of carbonyl (C=O) groups excluding carboxylic acids is 2. The molecule has 0 atom stereocenters. The number of carbonyl (C=O) groups is 2. The van der Waals surface area contributed by atoms with Crippen LogP contribution in [0.15, 0.2) is 41.8 Å². The second-order valence-electron chi connectivity index (χ2n) is 4.53. The summed E-state index contributed by atoms with van der Waals surface area (Å²) in [6.45, 7) is 0.436. The summed E-state index contributed by atoms with van der Waals surface area (Å²) in [5, 5.41) is 4.46. The monoisotopic (exact) mass is 321 g/mol. The van der Waals surface area contributed by atoms with Crippen LogP contribution in [-0.2, 0) is 4.79 Å². The highest BCUT2D eigenvalue weighted by Crippen LogP contribution is 2.15. The van der Waals surface area contributed by atoms with Crippen LogP contribution in [0.4, 0.5) is 4.39 Å². The fourth-order valence-electron chi connectivity index (χ4n) is 1.79. The molecule has 0 aliphatic carbocycles. The van der Waals surface area contributed by atoms with Crippen molar-refractivity contribution in [3.63, 3.8) is 0 Å². The summed E-state index contributed by atoms with van der Waals surface area (Å²) >= 11 is 1.37. The Balaban J connectivity index is 1.62. The molecule has 6 heteroatoms. The molecule has 116 valence electrons. The lowest BCUT2D eigenvalue weighted by molar-refractivity contribution is -0.121. The molecule has 0 spiro atoms. The Morgan fingerprint density at radius 1 is 1.14 bits per heavy atom. The van der Waals surface area contributed by atoms with E-state index in [1.807, 2.05) is 5.38 Å². The molecule has 0 aliphatic heterocycles. The number of Topliss-reactive ketones (excluding diaryl/α,β-unsaturated/α-hetero) is 1. The van der Waals surface area contributed by atoms with Gasteiger partial charge in [-0.15, -0.1) is 11.3 Å². The summed E-state index contributed by atoms with van der Waals surface area (Å²) in [4.78, 5) is 24.0. The van der Waals surface area contributed by atoms with Crippen LogP contribution in [0, 0.1) is 5.82 Å². The molecule has 1 amide bonds. The first-order chi connectivity index (χ1) is 10.7. The summed E-state index contributed by atoms with van der Waals surface area (Å²) in [7, 11) is 0. The summed E-state index contributed by atoms with van der Waals surface area (Å²) in [6.07, 6.45) is 0.316. The largest absolute Gasteiger partial charge is 0.489 e. The van der Waals surface area contributed by atoms with Crippen LogP contribution < -0.4 is 10.1 Å². The average Bonchev–Trinajstić information content (AvgIpc) is 3.05. The fourth-order valence-corrected chi connectivity index (χ4v) is 2.48. The van der Waals surface area contributed by atoms with Crippen molar-refractivity contribution in [1.82, 2.24) is 5.32 Å². The summed E-state index contributed by atoms with van der Waals surface area (Å²) < 4.78 is 18.5. The average molecular weight is 321 g/mol. The van der Waals surface area contributed by atoms with Gasteiger partial charge in [0.05, 0.1) is 11.4 Å². The lowest BCUT2D eigenvalue weighted by Crippen LogP contribution is -2.28. The van der Waals surface area contributed by atoms with Crippen molar-refractivity contribution in [3.05, 3.63) is 52.5 Å². The number of thiophene rings is 1.